The van der Waals surface area contributed by atoms with E-state index in [1.54, 1.807) is 0 Å². The monoisotopic (exact) mass is 427 g/mol. The number of carbonyl (C=O) groups is 1. The molecule has 0 aliphatic carbocycles. The third kappa shape index (κ3) is 6.03. The Bertz CT molecular complexity index is 863. The van der Waals surface area contributed by atoms with Crippen molar-refractivity contribution in [1.82, 2.24) is 15.5 Å². The third-order valence-corrected chi connectivity index (χ3v) is 4.78. The van der Waals surface area contributed by atoms with Crippen molar-refractivity contribution in [2.75, 3.05) is 0 Å². The summed E-state index contributed by atoms with van der Waals surface area (Å²) in [6.07, 6.45) is 2.62. The van der Waals surface area contributed by atoms with Crippen molar-refractivity contribution >= 4 is 21.8 Å². The van der Waals surface area contributed by atoms with E-state index >= 15 is 0 Å². The average Bonchev–Trinajstić information content (AvgIpc) is 3.15. The molecular weight excluding hydrogens is 406 g/mol. The molecule has 0 aliphatic rings. The van der Waals surface area contributed by atoms with Crippen LogP contribution in [-0.2, 0) is 17.6 Å². The molecule has 0 aliphatic heterocycles. The standard InChI is InChI=1S/C21H22BrN3O2/c1-15(7-8-16-5-3-2-4-6-16)23-19(26)13-14-20-24-21(25-27-20)17-9-11-18(22)12-10-17/h2-6,9-12,15H,7-8,13-14H2,1H3,(H,23,26). The van der Waals surface area contributed by atoms with Gasteiger partial charge in [0.2, 0.25) is 17.6 Å². The molecule has 1 N–H and O–H groups in total. The minimum atomic E-state index is -0.000969. The summed E-state index contributed by atoms with van der Waals surface area (Å²) in [4.78, 5) is 16.5. The molecule has 1 aromatic heterocycles. The van der Waals surface area contributed by atoms with Gasteiger partial charge in [-0.1, -0.05) is 51.4 Å². The molecule has 1 heterocycles. The third-order valence-electron chi connectivity index (χ3n) is 4.25. The molecule has 3 aromatic rings. The molecular formula is C21H22BrN3O2. The number of benzene rings is 2. The summed E-state index contributed by atoms with van der Waals surface area (Å²) in [6.45, 7) is 2.03. The molecule has 3 rings (SSSR count). The van der Waals surface area contributed by atoms with Gasteiger partial charge in [0.1, 0.15) is 0 Å². The van der Waals surface area contributed by atoms with E-state index in [4.69, 9.17) is 4.52 Å². The van der Waals surface area contributed by atoms with E-state index in [1.807, 2.05) is 49.4 Å². The van der Waals surface area contributed by atoms with Crippen LogP contribution in [-0.4, -0.2) is 22.1 Å². The van der Waals surface area contributed by atoms with E-state index in [0.29, 0.717) is 24.6 Å². The van der Waals surface area contributed by atoms with E-state index in [-0.39, 0.29) is 11.9 Å². The van der Waals surface area contributed by atoms with Crippen molar-refractivity contribution in [2.45, 2.75) is 38.6 Å². The number of carbonyl (C=O) groups excluding carboxylic acids is 1. The molecule has 0 saturated carbocycles. The highest BCUT2D eigenvalue weighted by Gasteiger charge is 2.12. The number of hydrogen-bond acceptors (Lipinski definition) is 4. The Kier molecular flexibility index (Phi) is 6.76. The summed E-state index contributed by atoms with van der Waals surface area (Å²) in [6, 6.07) is 18.1. The van der Waals surface area contributed by atoms with Crippen LogP contribution in [0.25, 0.3) is 11.4 Å². The van der Waals surface area contributed by atoms with Crippen molar-refractivity contribution in [2.24, 2.45) is 0 Å². The molecule has 1 atom stereocenters. The van der Waals surface area contributed by atoms with Crippen molar-refractivity contribution < 1.29 is 9.32 Å². The fourth-order valence-electron chi connectivity index (χ4n) is 2.74. The molecule has 0 radical (unpaired) electrons. The molecule has 1 unspecified atom stereocenters. The molecule has 1 amide bonds. The minimum Gasteiger partial charge on any atom is -0.354 e. The van der Waals surface area contributed by atoms with E-state index in [1.165, 1.54) is 5.56 Å². The summed E-state index contributed by atoms with van der Waals surface area (Å²) in [5.74, 6) is 1.01. The largest absolute Gasteiger partial charge is 0.354 e. The summed E-state index contributed by atoms with van der Waals surface area (Å²) in [5.41, 5.74) is 2.16. The SMILES string of the molecule is CC(CCc1ccccc1)NC(=O)CCc1nc(-c2ccc(Br)cc2)no1. The zero-order valence-corrected chi connectivity index (χ0v) is 16.8. The first-order valence-corrected chi connectivity index (χ1v) is 9.81. The summed E-state index contributed by atoms with van der Waals surface area (Å²) >= 11 is 3.40. The number of nitrogens with one attached hydrogen (secondary N) is 1. The predicted octanol–water partition coefficient (Wildman–Crippen LogP) is 4.57. The molecule has 0 fully saturated rings. The van der Waals surface area contributed by atoms with Gasteiger partial charge in [0.25, 0.3) is 0 Å². The maximum absolute atomic E-state index is 12.1. The van der Waals surface area contributed by atoms with Crippen molar-refractivity contribution in [1.29, 1.82) is 0 Å². The van der Waals surface area contributed by atoms with E-state index in [0.717, 1.165) is 22.9 Å². The van der Waals surface area contributed by atoms with Gasteiger partial charge in [-0.25, -0.2) is 0 Å². The summed E-state index contributed by atoms with van der Waals surface area (Å²) in [7, 11) is 0. The average molecular weight is 428 g/mol. The second-order valence-electron chi connectivity index (χ2n) is 6.51. The Hall–Kier alpha value is -2.47. The summed E-state index contributed by atoms with van der Waals surface area (Å²) < 4.78 is 6.25. The van der Waals surface area contributed by atoms with Gasteiger partial charge < -0.3 is 9.84 Å². The lowest BCUT2D eigenvalue weighted by atomic mass is 10.1. The van der Waals surface area contributed by atoms with Crippen LogP contribution >= 0.6 is 15.9 Å². The van der Waals surface area contributed by atoms with Gasteiger partial charge in [-0.05, 0) is 49.6 Å². The lowest BCUT2D eigenvalue weighted by molar-refractivity contribution is -0.121. The second-order valence-corrected chi connectivity index (χ2v) is 7.43. The zero-order valence-electron chi connectivity index (χ0n) is 15.2. The second kappa shape index (κ2) is 9.46. The Morgan fingerprint density at radius 1 is 1.11 bits per heavy atom. The van der Waals surface area contributed by atoms with Gasteiger partial charge in [-0.2, -0.15) is 4.98 Å². The number of rotatable bonds is 8. The normalized spacial score (nSPS) is 11.9. The number of nitrogens with zero attached hydrogens (tertiary/aromatic N) is 2. The van der Waals surface area contributed by atoms with Crippen LogP contribution in [0, 0.1) is 0 Å². The van der Waals surface area contributed by atoms with Crippen LogP contribution in [0.3, 0.4) is 0 Å². The lowest BCUT2D eigenvalue weighted by Gasteiger charge is -2.13. The molecule has 0 bridgehead atoms. The van der Waals surface area contributed by atoms with E-state index in [2.05, 4.69) is 43.5 Å². The van der Waals surface area contributed by atoms with Gasteiger partial charge in [-0.3, -0.25) is 4.79 Å². The Balaban J connectivity index is 1.43. The first kappa shape index (κ1) is 19.3. The van der Waals surface area contributed by atoms with Gasteiger partial charge in [0.05, 0.1) is 0 Å². The maximum atomic E-state index is 12.1. The molecule has 5 nitrogen and oxygen atoms in total. The smallest absolute Gasteiger partial charge is 0.227 e. The fraction of sp³-hybridized carbons (Fsp3) is 0.286. The van der Waals surface area contributed by atoms with Crippen LogP contribution in [0.15, 0.2) is 63.6 Å². The lowest BCUT2D eigenvalue weighted by Crippen LogP contribution is -2.33. The van der Waals surface area contributed by atoms with Gasteiger partial charge >= 0.3 is 0 Å². The number of amides is 1. The summed E-state index contributed by atoms with van der Waals surface area (Å²) in [5, 5.41) is 7.02. The topological polar surface area (TPSA) is 68.0 Å². The first-order valence-electron chi connectivity index (χ1n) is 9.02. The molecule has 2 aromatic carbocycles. The molecule has 0 spiro atoms. The minimum absolute atomic E-state index is 0.000969. The van der Waals surface area contributed by atoms with Gasteiger partial charge in [-0.15, -0.1) is 0 Å². The van der Waals surface area contributed by atoms with Crippen LogP contribution in [0.1, 0.15) is 31.2 Å². The number of aromatic nitrogens is 2. The van der Waals surface area contributed by atoms with Crippen LogP contribution in [0.4, 0.5) is 0 Å². The van der Waals surface area contributed by atoms with Gasteiger partial charge in [0, 0.05) is 28.9 Å². The zero-order chi connectivity index (χ0) is 19.1. The van der Waals surface area contributed by atoms with Gasteiger partial charge in [0.15, 0.2) is 0 Å². The molecule has 0 saturated heterocycles. The fourth-order valence-corrected chi connectivity index (χ4v) is 3.00. The highest BCUT2D eigenvalue weighted by molar-refractivity contribution is 9.10. The Labute approximate surface area is 167 Å². The quantitative estimate of drug-likeness (QED) is 0.571. The molecule has 140 valence electrons. The highest BCUT2D eigenvalue weighted by Crippen LogP contribution is 2.19. The molecule has 27 heavy (non-hydrogen) atoms. The van der Waals surface area contributed by atoms with Crippen LogP contribution in [0.2, 0.25) is 0 Å². The maximum Gasteiger partial charge on any atom is 0.227 e. The number of halogens is 1. The Morgan fingerprint density at radius 2 is 1.85 bits per heavy atom. The molecule has 6 heteroatoms. The number of hydrogen-bond donors (Lipinski definition) is 1. The van der Waals surface area contributed by atoms with Crippen molar-refractivity contribution in [3.05, 3.63) is 70.5 Å². The number of aryl methyl sites for hydroxylation is 2. The van der Waals surface area contributed by atoms with E-state index in [9.17, 15) is 4.79 Å². The predicted molar refractivity (Wildman–Crippen MR) is 108 cm³/mol. The highest BCUT2D eigenvalue weighted by atomic mass is 79.9. The van der Waals surface area contributed by atoms with Crippen LogP contribution in [0.5, 0.6) is 0 Å². The van der Waals surface area contributed by atoms with Crippen LogP contribution < -0.4 is 5.32 Å². The van der Waals surface area contributed by atoms with Crippen molar-refractivity contribution in [3.8, 4) is 11.4 Å². The van der Waals surface area contributed by atoms with Crippen molar-refractivity contribution in [3.63, 3.8) is 0 Å². The first-order chi connectivity index (χ1) is 13.1. The Morgan fingerprint density at radius 3 is 2.59 bits per heavy atom. The van der Waals surface area contributed by atoms with E-state index < -0.39 is 0 Å².